The van der Waals surface area contributed by atoms with E-state index in [1.165, 1.54) is 18.3 Å². The van der Waals surface area contributed by atoms with E-state index < -0.39 is 11.7 Å². The molecular formula is C18H14ClF3N2O. The van der Waals surface area contributed by atoms with Crippen molar-refractivity contribution in [2.24, 2.45) is 11.0 Å². The summed E-state index contributed by atoms with van der Waals surface area (Å²) in [6.07, 6.45) is -2.51. The van der Waals surface area contributed by atoms with E-state index >= 15 is 0 Å². The van der Waals surface area contributed by atoms with Gasteiger partial charge in [0.15, 0.2) is 0 Å². The molecular weight excluding hydrogens is 353 g/mol. The van der Waals surface area contributed by atoms with Crippen LogP contribution < -0.4 is 5.43 Å². The van der Waals surface area contributed by atoms with Gasteiger partial charge in [-0.3, -0.25) is 4.79 Å². The van der Waals surface area contributed by atoms with E-state index in [-0.39, 0.29) is 23.3 Å². The fourth-order valence-corrected chi connectivity index (χ4v) is 2.84. The molecule has 0 saturated heterocycles. The second-order valence-electron chi connectivity index (χ2n) is 5.86. The summed E-state index contributed by atoms with van der Waals surface area (Å²) in [6.45, 7) is 0. The van der Waals surface area contributed by atoms with Gasteiger partial charge in [-0.15, -0.1) is 0 Å². The van der Waals surface area contributed by atoms with Gasteiger partial charge in [0, 0.05) is 10.9 Å². The van der Waals surface area contributed by atoms with Crippen LogP contribution in [0.1, 0.15) is 29.0 Å². The average Bonchev–Trinajstić information content (AvgIpc) is 3.35. The Morgan fingerprint density at radius 1 is 1.20 bits per heavy atom. The van der Waals surface area contributed by atoms with Crippen LogP contribution in [0, 0.1) is 5.92 Å². The summed E-state index contributed by atoms with van der Waals surface area (Å²) < 4.78 is 37.9. The lowest BCUT2D eigenvalue weighted by Crippen LogP contribution is -2.20. The molecule has 2 aromatic rings. The zero-order chi connectivity index (χ0) is 18.0. The van der Waals surface area contributed by atoms with Gasteiger partial charge in [0.1, 0.15) is 0 Å². The Labute approximate surface area is 147 Å². The molecule has 1 fully saturated rings. The van der Waals surface area contributed by atoms with E-state index in [9.17, 15) is 18.0 Å². The van der Waals surface area contributed by atoms with Gasteiger partial charge >= 0.3 is 6.18 Å². The molecule has 0 aromatic heterocycles. The highest BCUT2D eigenvalue weighted by molar-refractivity contribution is 6.30. The van der Waals surface area contributed by atoms with Gasteiger partial charge in [-0.1, -0.05) is 35.9 Å². The molecule has 0 bridgehead atoms. The SMILES string of the molecule is O=C(N/N=C/c1cccc(C(F)(F)F)c1)C1CC1c1cccc(Cl)c1. The molecule has 25 heavy (non-hydrogen) atoms. The predicted octanol–water partition coefficient (Wildman–Crippen LogP) is 4.61. The predicted molar refractivity (Wildman–Crippen MR) is 89.5 cm³/mol. The van der Waals surface area contributed by atoms with Crippen LogP contribution in [0.4, 0.5) is 13.2 Å². The summed E-state index contributed by atoms with van der Waals surface area (Å²) in [6, 6.07) is 12.1. The number of alkyl halides is 3. The maximum Gasteiger partial charge on any atom is 0.416 e. The summed E-state index contributed by atoms with van der Waals surface area (Å²) in [5.74, 6) is -0.354. The van der Waals surface area contributed by atoms with Gasteiger partial charge in [0.25, 0.3) is 0 Å². The molecule has 1 aliphatic rings. The topological polar surface area (TPSA) is 41.5 Å². The number of amides is 1. The van der Waals surface area contributed by atoms with Crippen LogP contribution in [0.15, 0.2) is 53.6 Å². The summed E-state index contributed by atoms with van der Waals surface area (Å²) in [4.78, 5) is 12.1. The number of nitrogens with zero attached hydrogens (tertiary/aromatic N) is 1. The van der Waals surface area contributed by atoms with Crippen molar-refractivity contribution in [2.45, 2.75) is 18.5 Å². The fourth-order valence-electron chi connectivity index (χ4n) is 2.64. The molecule has 0 heterocycles. The maximum absolute atomic E-state index is 12.6. The minimum Gasteiger partial charge on any atom is -0.273 e. The van der Waals surface area contributed by atoms with Crippen LogP contribution in [-0.4, -0.2) is 12.1 Å². The van der Waals surface area contributed by atoms with Crippen LogP contribution in [0.3, 0.4) is 0 Å². The number of nitrogens with one attached hydrogen (secondary N) is 1. The van der Waals surface area contributed by atoms with Crippen molar-refractivity contribution >= 4 is 23.7 Å². The van der Waals surface area contributed by atoms with E-state index in [0.717, 1.165) is 17.7 Å². The van der Waals surface area contributed by atoms with E-state index in [1.807, 2.05) is 18.2 Å². The first-order valence-electron chi connectivity index (χ1n) is 7.60. The number of hydrogen-bond acceptors (Lipinski definition) is 2. The van der Waals surface area contributed by atoms with Crippen LogP contribution in [0.5, 0.6) is 0 Å². The number of carbonyl (C=O) groups is 1. The maximum atomic E-state index is 12.6. The Hall–Kier alpha value is -2.34. The normalized spacial score (nSPS) is 19.8. The number of hydrazone groups is 1. The number of carbonyl (C=O) groups excluding carboxylic acids is 1. The summed E-state index contributed by atoms with van der Waals surface area (Å²) in [5.41, 5.74) is 2.88. The Morgan fingerprint density at radius 2 is 1.96 bits per heavy atom. The van der Waals surface area contributed by atoms with E-state index in [0.29, 0.717) is 11.4 Å². The summed E-state index contributed by atoms with van der Waals surface area (Å²) >= 11 is 5.94. The van der Waals surface area contributed by atoms with Crippen molar-refractivity contribution in [3.63, 3.8) is 0 Å². The van der Waals surface area contributed by atoms with Gasteiger partial charge in [0.2, 0.25) is 5.91 Å². The van der Waals surface area contributed by atoms with Gasteiger partial charge in [-0.05, 0) is 47.7 Å². The zero-order valence-corrected chi connectivity index (χ0v) is 13.7. The van der Waals surface area contributed by atoms with E-state index in [4.69, 9.17) is 11.6 Å². The Kier molecular flexibility index (Phi) is 4.81. The average molecular weight is 367 g/mol. The first-order valence-corrected chi connectivity index (χ1v) is 7.98. The van der Waals surface area contributed by atoms with Crippen LogP contribution >= 0.6 is 11.6 Å². The molecule has 7 heteroatoms. The van der Waals surface area contributed by atoms with E-state index in [2.05, 4.69) is 10.5 Å². The lowest BCUT2D eigenvalue weighted by molar-refractivity contribution is -0.137. The van der Waals surface area contributed by atoms with Crippen molar-refractivity contribution in [1.82, 2.24) is 5.43 Å². The second kappa shape index (κ2) is 6.88. The zero-order valence-electron chi connectivity index (χ0n) is 12.9. The van der Waals surface area contributed by atoms with Crippen molar-refractivity contribution < 1.29 is 18.0 Å². The molecule has 3 rings (SSSR count). The number of halogens is 4. The highest BCUT2D eigenvalue weighted by atomic mass is 35.5. The molecule has 130 valence electrons. The van der Waals surface area contributed by atoms with Gasteiger partial charge in [0.05, 0.1) is 11.8 Å². The molecule has 1 aliphatic carbocycles. The van der Waals surface area contributed by atoms with Crippen molar-refractivity contribution in [3.05, 3.63) is 70.2 Å². The first-order chi connectivity index (χ1) is 11.8. The lowest BCUT2D eigenvalue weighted by atomic mass is 10.1. The number of rotatable bonds is 4. The van der Waals surface area contributed by atoms with Crippen molar-refractivity contribution in [1.29, 1.82) is 0 Å². The molecule has 2 unspecified atom stereocenters. The molecule has 3 nitrogen and oxygen atoms in total. The molecule has 1 amide bonds. The Balaban J connectivity index is 1.57. The summed E-state index contributed by atoms with van der Waals surface area (Å²) in [5, 5.41) is 4.37. The summed E-state index contributed by atoms with van der Waals surface area (Å²) in [7, 11) is 0. The molecule has 0 aliphatic heterocycles. The van der Waals surface area contributed by atoms with Gasteiger partial charge in [-0.2, -0.15) is 18.3 Å². The second-order valence-corrected chi connectivity index (χ2v) is 6.30. The largest absolute Gasteiger partial charge is 0.416 e. The third kappa shape index (κ3) is 4.39. The minimum atomic E-state index is -4.41. The van der Waals surface area contributed by atoms with E-state index in [1.54, 1.807) is 6.07 Å². The smallest absolute Gasteiger partial charge is 0.273 e. The van der Waals surface area contributed by atoms with Crippen molar-refractivity contribution in [3.8, 4) is 0 Å². The van der Waals surface area contributed by atoms with Gasteiger partial charge in [-0.25, -0.2) is 5.43 Å². The lowest BCUT2D eigenvalue weighted by Gasteiger charge is -2.06. The molecule has 2 aromatic carbocycles. The van der Waals surface area contributed by atoms with Crippen molar-refractivity contribution in [2.75, 3.05) is 0 Å². The van der Waals surface area contributed by atoms with Crippen LogP contribution in [0.2, 0.25) is 5.02 Å². The molecule has 0 spiro atoms. The first kappa shape index (κ1) is 17.5. The Bertz CT molecular complexity index is 820. The fraction of sp³-hybridized carbons (Fsp3) is 0.222. The highest BCUT2D eigenvalue weighted by Crippen LogP contribution is 2.47. The minimum absolute atomic E-state index is 0.0995. The number of hydrogen-bond donors (Lipinski definition) is 1. The highest BCUT2D eigenvalue weighted by Gasteiger charge is 2.44. The standard InChI is InChI=1S/C18H14ClF3N2O/c19-14-6-2-4-12(8-14)15-9-16(15)17(25)24-23-10-11-3-1-5-13(7-11)18(20,21)22/h1-8,10,15-16H,9H2,(H,24,25)/b23-10+. The van der Waals surface area contributed by atoms with Gasteiger partial charge < -0.3 is 0 Å². The molecule has 1 saturated carbocycles. The Morgan fingerprint density at radius 3 is 2.68 bits per heavy atom. The van der Waals surface area contributed by atoms with Crippen LogP contribution in [-0.2, 0) is 11.0 Å². The molecule has 0 radical (unpaired) electrons. The quantitative estimate of drug-likeness (QED) is 0.623. The number of benzene rings is 2. The molecule has 2 atom stereocenters. The third-order valence-electron chi connectivity index (χ3n) is 4.01. The third-order valence-corrected chi connectivity index (χ3v) is 4.24. The monoisotopic (exact) mass is 366 g/mol. The molecule has 1 N–H and O–H groups in total. The van der Waals surface area contributed by atoms with Crippen LogP contribution in [0.25, 0.3) is 0 Å².